The van der Waals surface area contributed by atoms with Crippen molar-refractivity contribution in [1.82, 2.24) is 9.97 Å². The molecule has 0 spiro atoms. The number of hydrogen-bond acceptors (Lipinski definition) is 4. The first-order valence-corrected chi connectivity index (χ1v) is 2.58. The van der Waals surface area contributed by atoms with Crippen LogP contribution in [0.1, 0.15) is 0 Å². The highest BCUT2D eigenvalue weighted by atomic mass is 35.5. The van der Waals surface area contributed by atoms with E-state index in [1.165, 1.54) is 12.4 Å². The summed E-state index contributed by atoms with van der Waals surface area (Å²) >= 11 is 5.43. The third kappa shape index (κ3) is 1.51. The van der Waals surface area contributed by atoms with E-state index in [2.05, 4.69) is 9.97 Å². The van der Waals surface area contributed by atoms with Crippen molar-refractivity contribution in [2.45, 2.75) is 0 Å². The summed E-state index contributed by atoms with van der Waals surface area (Å²) < 4.78 is 0. The van der Waals surface area contributed by atoms with E-state index in [-0.39, 0.29) is 5.95 Å². The third-order valence-corrected chi connectivity index (χ3v) is 0.916. The molecular formula is C4H4ClN3O. The molecular weight excluding hydrogens is 142 g/mol. The van der Waals surface area contributed by atoms with Crippen molar-refractivity contribution >= 4 is 17.5 Å². The lowest BCUT2D eigenvalue weighted by Crippen LogP contribution is -1.94. The third-order valence-electron chi connectivity index (χ3n) is 0.720. The molecule has 2 N–H and O–H groups in total. The maximum atomic E-state index is 8.21. The molecule has 0 saturated heterocycles. The monoisotopic (exact) mass is 145 g/mol. The van der Waals surface area contributed by atoms with Crippen molar-refractivity contribution in [2.75, 3.05) is 5.48 Å². The standard InChI is InChI=1S/C4H4ClN3O/c5-3-1-6-4(8-9)7-2-3/h1-2,9H,(H,6,7,8). The number of aromatic nitrogens is 2. The van der Waals surface area contributed by atoms with E-state index in [9.17, 15) is 0 Å². The first-order chi connectivity index (χ1) is 4.33. The van der Waals surface area contributed by atoms with Crippen molar-refractivity contribution in [3.05, 3.63) is 17.4 Å². The van der Waals surface area contributed by atoms with Crippen molar-refractivity contribution in [1.29, 1.82) is 0 Å². The van der Waals surface area contributed by atoms with E-state index in [1.807, 2.05) is 0 Å². The lowest BCUT2D eigenvalue weighted by atomic mass is 10.7. The topological polar surface area (TPSA) is 58.0 Å². The van der Waals surface area contributed by atoms with Gasteiger partial charge in [-0.05, 0) is 0 Å². The molecule has 4 nitrogen and oxygen atoms in total. The molecule has 0 aliphatic rings. The molecule has 0 saturated carbocycles. The zero-order valence-electron chi connectivity index (χ0n) is 4.37. The van der Waals surface area contributed by atoms with Gasteiger partial charge in [0.2, 0.25) is 5.95 Å². The van der Waals surface area contributed by atoms with Crippen LogP contribution in [0.15, 0.2) is 12.4 Å². The molecule has 0 aliphatic heterocycles. The largest absolute Gasteiger partial charge is 0.288 e. The molecule has 0 atom stereocenters. The van der Waals surface area contributed by atoms with Gasteiger partial charge >= 0.3 is 0 Å². The average molecular weight is 146 g/mol. The summed E-state index contributed by atoms with van der Waals surface area (Å²) in [4.78, 5) is 7.19. The minimum atomic E-state index is 0.138. The van der Waals surface area contributed by atoms with Crippen LogP contribution in [0, 0.1) is 0 Å². The van der Waals surface area contributed by atoms with Gasteiger partial charge in [0.05, 0.1) is 17.4 Å². The van der Waals surface area contributed by atoms with Crippen molar-refractivity contribution in [3.63, 3.8) is 0 Å². The molecule has 0 bridgehead atoms. The number of nitrogens with one attached hydrogen (secondary N) is 1. The molecule has 9 heavy (non-hydrogen) atoms. The second-order valence-electron chi connectivity index (χ2n) is 1.34. The summed E-state index contributed by atoms with van der Waals surface area (Å²) in [6, 6.07) is 0. The predicted molar refractivity (Wildman–Crippen MR) is 32.5 cm³/mol. The van der Waals surface area contributed by atoms with Crippen LogP contribution in [0.2, 0.25) is 5.02 Å². The van der Waals surface area contributed by atoms with Gasteiger partial charge in [0.1, 0.15) is 0 Å². The van der Waals surface area contributed by atoms with Crippen LogP contribution in [0.4, 0.5) is 5.95 Å². The first kappa shape index (κ1) is 6.25. The van der Waals surface area contributed by atoms with Gasteiger partial charge in [-0.1, -0.05) is 11.6 Å². The van der Waals surface area contributed by atoms with Crippen LogP contribution in [-0.2, 0) is 0 Å². The smallest absolute Gasteiger partial charge is 0.246 e. The van der Waals surface area contributed by atoms with Crippen LogP contribution in [0.3, 0.4) is 0 Å². The maximum absolute atomic E-state index is 8.21. The summed E-state index contributed by atoms with van der Waals surface area (Å²) in [7, 11) is 0. The molecule has 0 amide bonds. The zero-order valence-corrected chi connectivity index (χ0v) is 5.13. The van der Waals surface area contributed by atoms with Crippen molar-refractivity contribution in [3.8, 4) is 0 Å². The second-order valence-corrected chi connectivity index (χ2v) is 1.77. The summed E-state index contributed by atoms with van der Waals surface area (Å²) in [6.07, 6.45) is 2.76. The Morgan fingerprint density at radius 3 is 2.44 bits per heavy atom. The van der Waals surface area contributed by atoms with Crippen LogP contribution >= 0.6 is 11.6 Å². The Hall–Kier alpha value is -0.870. The molecule has 1 heterocycles. The van der Waals surface area contributed by atoms with Gasteiger partial charge in [-0.2, -0.15) is 0 Å². The summed E-state index contributed by atoms with van der Waals surface area (Å²) in [5.74, 6) is 0.138. The highest BCUT2D eigenvalue weighted by Gasteiger charge is 1.89. The van der Waals surface area contributed by atoms with Crippen LogP contribution in [-0.4, -0.2) is 15.2 Å². The highest BCUT2D eigenvalue weighted by molar-refractivity contribution is 6.30. The number of nitrogens with zero attached hydrogens (tertiary/aromatic N) is 2. The molecule has 1 rings (SSSR count). The molecule has 1 aromatic heterocycles. The Labute approximate surface area is 56.5 Å². The number of anilines is 1. The summed E-state index contributed by atoms with van der Waals surface area (Å²) in [5.41, 5.74) is 1.77. The van der Waals surface area contributed by atoms with E-state index < -0.39 is 0 Å². The molecule has 48 valence electrons. The molecule has 0 radical (unpaired) electrons. The van der Waals surface area contributed by atoms with Gasteiger partial charge in [-0.15, -0.1) is 0 Å². The van der Waals surface area contributed by atoms with E-state index >= 15 is 0 Å². The minimum Gasteiger partial charge on any atom is -0.288 e. The maximum Gasteiger partial charge on any atom is 0.246 e. The Morgan fingerprint density at radius 2 is 2.00 bits per heavy atom. The van der Waals surface area contributed by atoms with Gasteiger partial charge < -0.3 is 0 Å². The lowest BCUT2D eigenvalue weighted by Gasteiger charge is -1.92. The van der Waals surface area contributed by atoms with Gasteiger partial charge in [-0.3, -0.25) is 5.21 Å². The van der Waals surface area contributed by atoms with Crippen molar-refractivity contribution < 1.29 is 5.21 Å². The number of hydrogen-bond donors (Lipinski definition) is 2. The number of halogens is 1. The SMILES string of the molecule is ONc1ncc(Cl)cn1. The van der Waals surface area contributed by atoms with Crippen LogP contribution in [0.25, 0.3) is 0 Å². The van der Waals surface area contributed by atoms with E-state index in [0.717, 1.165) is 0 Å². The van der Waals surface area contributed by atoms with Crippen LogP contribution in [0.5, 0.6) is 0 Å². The quantitative estimate of drug-likeness (QED) is 0.578. The Bertz CT molecular complexity index is 188. The summed E-state index contributed by atoms with van der Waals surface area (Å²) in [6.45, 7) is 0. The lowest BCUT2D eigenvalue weighted by molar-refractivity contribution is 0.382. The number of rotatable bonds is 1. The molecule has 0 aromatic carbocycles. The Balaban J connectivity index is 2.88. The minimum absolute atomic E-state index is 0.138. The fraction of sp³-hybridized carbons (Fsp3) is 0. The Morgan fingerprint density at radius 1 is 1.44 bits per heavy atom. The average Bonchev–Trinajstić information content (AvgIpc) is 1.90. The zero-order chi connectivity index (χ0) is 6.69. The van der Waals surface area contributed by atoms with Gasteiger partial charge in [0.15, 0.2) is 0 Å². The van der Waals surface area contributed by atoms with Crippen LogP contribution < -0.4 is 5.48 Å². The molecule has 5 heteroatoms. The highest BCUT2D eigenvalue weighted by Crippen LogP contribution is 2.03. The summed E-state index contributed by atoms with van der Waals surface area (Å²) in [5, 5.41) is 8.65. The van der Waals surface area contributed by atoms with Gasteiger partial charge in [0, 0.05) is 0 Å². The first-order valence-electron chi connectivity index (χ1n) is 2.20. The molecule has 0 unspecified atom stereocenters. The second kappa shape index (κ2) is 2.61. The van der Waals surface area contributed by atoms with Gasteiger partial charge in [-0.25, -0.2) is 15.4 Å². The fourth-order valence-corrected chi connectivity index (χ4v) is 0.468. The van der Waals surface area contributed by atoms with E-state index in [0.29, 0.717) is 5.02 Å². The molecule has 0 fully saturated rings. The fourth-order valence-electron chi connectivity index (χ4n) is 0.370. The normalized spacial score (nSPS) is 9.11. The molecule has 0 aliphatic carbocycles. The Kier molecular flexibility index (Phi) is 1.81. The van der Waals surface area contributed by atoms with E-state index in [4.69, 9.17) is 16.8 Å². The van der Waals surface area contributed by atoms with E-state index in [1.54, 1.807) is 5.48 Å². The van der Waals surface area contributed by atoms with Gasteiger partial charge in [0.25, 0.3) is 0 Å². The molecule has 1 aromatic rings. The predicted octanol–water partition coefficient (Wildman–Crippen LogP) is 0.931. The van der Waals surface area contributed by atoms with Crippen molar-refractivity contribution in [2.24, 2.45) is 0 Å².